The van der Waals surface area contributed by atoms with Gasteiger partial charge in [-0.1, -0.05) is 0 Å². The number of benzene rings is 1. The van der Waals surface area contributed by atoms with Crippen LogP contribution >= 0.6 is 0 Å². The molecule has 0 bridgehead atoms. The van der Waals surface area contributed by atoms with Crippen molar-refractivity contribution in [1.29, 1.82) is 0 Å². The van der Waals surface area contributed by atoms with Gasteiger partial charge in [0, 0.05) is 29.2 Å². The van der Waals surface area contributed by atoms with Crippen molar-refractivity contribution in [3.05, 3.63) is 12.1 Å². The Morgan fingerprint density at radius 2 is 1.00 bits per heavy atom. The van der Waals surface area contributed by atoms with Gasteiger partial charge in [-0.05, 0) is 0 Å². The van der Waals surface area contributed by atoms with E-state index in [4.69, 9.17) is 19.3 Å². The molecule has 0 spiro atoms. The topological polar surface area (TPSA) is 149 Å². The van der Waals surface area contributed by atoms with Crippen molar-refractivity contribution in [2.75, 3.05) is 0 Å². The molecule has 101 valence electrons. The van der Waals surface area contributed by atoms with E-state index in [1.807, 2.05) is 0 Å². The molecule has 0 atom stereocenters. The molecule has 0 saturated carbocycles. The van der Waals surface area contributed by atoms with Crippen LogP contribution in [0.5, 0.6) is 11.5 Å². The molecule has 0 amide bonds. The van der Waals surface area contributed by atoms with E-state index < -0.39 is 41.5 Å². The van der Waals surface area contributed by atoms with Gasteiger partial charge in [-0.15, -0.1) is 0 Å². The summed E-state index contributed by atoms with van der Waals surface area (Å²) in [6.07, 6.45) is 0. The zero-order chi connectivity index (χ0) is 12.7. The van der Waals surface area contributed by atoms with Crippen LogP contribution in [0.4, 0.5) is 0 Å². The minimum absolute atomic E-state index is 0. The fraction of sp³-hybridized carbons (Fsp3) is 0. The number of hydrogen-bond acceptors (Lipinski definition) is 6. The van der Waals surface area contributed by atoms with Crippen LogP contribution in [0, 0.1) is 0 Å². The molecule has 8 nitrogen and oxygen atoms in total. The van der Waals surface area contributed by atoms with Crippen LogP contribution in [0.15, 0.2) is 21.9 Å². The first kappa shape index (κ1) is 16.2. The predicted octanol–water partition coefficient (Wildman–Crippen LogP) is -0.411. The molecule has 1 aromatic rings. The predicted molar refractivity (Wildman–Crippen MR) is 49.4 cm³/mol. The first-order valence-electron chi connectivity index (χ1n) is 3.54. The Bertz CT molecular complexity index is 574. The number of phenolic OH excluding ortho intramolecular Hbond substituents is 2. The molecular weight excluding hydrogens is 328 g/mol. The molecule has 0 aromatic heterocycles. The fourth-order valence-electron chi connectivity index (χ4n) is 0.952. The van der Waals surface area contributed by atoms with Gasteiger partial charge in [0.2, 0.25) is 0 Å². The molecule has 0 aliphatic rings. The van der Waals surface area contributed by atoms with E-state index in [-0.39, 0.29) is 17.1 Å². The molecule has 0 saturated heterocycles. The quantitative estimate of drug-likeness (QED) is 0.324. The second-order valence-corrected chi connectivity index (χ2v) is 5.52. The first-order valence-corrected chi connectivity index (χ1v) is 6.42. The van der Waals surface area contributed by atoms with Gasteiger partial charge in [0.05, 0.1) is 0 Å². The monoisotopic (exact) mass is 333 g/mol. The molecule has 1 radical (unpaired) electrons. The van der Waals surface area contributed by atoms with Crippen molar-refractivity contribution in [2.24, 2.45) is 0 Å². The smallest absolute Gasteiger partial charge is 0.298 e. The summed E-state index contributed by atoms with van der Waals surface area (Å²) in [5.41, 5.74) is 0. The molecule has 0 fully saturated rings. The van der Waals surface area contributed by atoms with Crippen LogP contribution in [0.3, 0.4) is 0 Å². The second-order valence-electron chi connectivity index (χ2n) is 2.74. The van der Waals surface area contributed by atoms with Gasteiger partial charge in [-0.3, -0.25) is 9.11 Å². The zero-order valence-electron chi connectivity index (χ0n) is 7.69. The Balaban J connectivity index is 0.00000256. The maximum Gasteiger partial charge on any atom is 0.298 e. The molecule has 1 aromatic carbocycles. The summed E-state index contributed by atoms with van der Waals surface area (Å²) in [6, 6.07) is 0.599. The van der Waals surface area contributed by atoms with Gasteiger partial charge in [0.15, 0.2) is 0 Å². The summed E-state index contributed by atoms with van der Waals surface area (Å²) in [4.78, 5) is -2.14. The first-order chi connectivity index (χ1) is 7.03. The van der Waals surface area contributed by atoms with Crippen LogP contribution in [0.1, 0.15) is 0 Å². The molecule has 11 heteroatoms. The van der Waals surface area contributed by atoms with E-state index in [0.717, 1.165) is 0 Å². The molecule has 0 unspecified atom stereocenters. The van der Waals surface area contributed by atoms with Gasteiger partial charge in [0.1, 0.15) is 21.3 Å². The Hall–Kier alpha value is -0.841. The van der Waals surface area contributed by atoms with Crippen molar-refractivity contribution in [2.45, 2.75) is 9.79 Å². The third-order valence-electron chi connectivity index (χ3n) is 1.60. The summed E-state index contributed by atoms with van der Waals surface area (Å²) < 4.78 is 59.7. The van der Waals surface area contributed by atoms with E-state index in [9.17, 15) is 16.8 Å². The third kappa shape index (κ3) is 3.56. The van der Waals surface area contributed by atoms with E-state index >= 15 is 0 Å². The van der Waals surface area contributed by atoms with Crippen molar-refractivity contribution in [3.8, 4) is 11.5 Å². The van der Waals surface area contributed by atoms with Crippen molar-refractivity contribution >= 4 is 20.2 Å². The summed E-state index contributed by atoms with van der Waals surface area (Å²) in [5.74, 6) is -2.24. The number of phenols is 2. The molecule has 0 aliphatic heterocycles. The van der Waals surface area contributed by atoms with Crippen LogP contribution in [-0.4, -0.2) is 36.2 Å². The molecule has 1 rings (SSSR count). The average Bonchev–Trinajstić information content (AvgIpc) is 2.04. The minimum Gasteiger partial charge on any atom is -0.506 e. The second kappa shape index (κ2) is 4.80. The van der Waals surface area contributed by atoms with Gasteiger partial charge in [-0.2, -0.15) is 16.8 Å². The van der Waals surface area contributed by atoms with Crippen LogP contribution < -0.4 is 0 Å². The number of aromatic hydroxyl groups is 2. The van der Waals surface area contributed by atoms with E-state index in [0.29, 0.717) is 12.1 Å². The molecule has 17 heavy (non-hydrogen) atoms. The third-order valence-corrected chi connectivity index (χ3v) is 3.36. The maximum atomic E-state index is 10.6. The van der Waals surface area contributed by atoms with Gasteiger partial charge in [0.25, 0.3) is 20.2 Å². The minimum atomic E-state index is -4.80. The summed E-state index contributed by atoms with van der Waals surface area (Å²) in [7, 11) is -9.61. The van der Waals surface area contributed by atoms with Gasteiger partial charge < -0.3 is 10.2 Å². The normalized spacial score (nSPS) is 11.9. The van der Waals surface area contributed by atoms with Crippen molar-refractivity contribution < 1.29 is 53.2 Å². The van der Waals surface area contributed by atoms with Crippen molar-refractivity contribution in [3.63, 3.8) is 0 Å². The zero-order valence-corrected chi connectivity index (χ0v) is 10.3. The summed E-state index contributed by atoms with van der Waals surface area (Å²) in [6.45, 7) is 0. The standard InChI is InChI=1S/C6H6O8S2.Cu/c7-3-1-5(15(9,10)11)4(8)2-6(3)16(12,13)14;/h1-2,7-8H,(H,9,10,11)(H,12,13,14);. The Labute approximate surface area is 107 Å². The van der Waals surface area contributed by atoms with E-state index in [2.05, 4.69) is 0 Å². The van der Waals surface area contributed by atoms with E-state index in [1.54, 1.807) is 0 Å². The average molecular weight is 334 g/mol. The molecule has 0 aliphatic carbocycles. The number of rotatable bonds is 2. The summed E-state index contributed by atoms with van der Waals surface area (Å²) in [5, 5.41) is 18.2. The molecular formula is C6H6CuO8S2. The van der Waals surface area contributed by atoms with Crippen LogP contribution in [0.2, 0.25) is 0 Å². The molecule has 0 heterocycles. The Morgan fingerprint density at radius 3 is 1.18 bits per heavy atom. The SMILES string of the molecule is O=S(=O)(O)c1cc(O)c(S(=O)(=O)O)cc1O.[Cu]. The Morgan fingerprint density at radius 1 is 0.765 bits per heavy atom. The van der Waals surface area contributed by atoms with Crippen molar-refractivity contribution in [1.82, 2.24) is 0 Å². The van der Waals surface area contributed by atoms with Gasteiger partial charge in [-0.25, -0.2) is 0 Å². The fourth-order valence-corrected chi connectivity index (χ4v) is 2.12. The molecule has 4 N–H and O–H groups in total. The number of hydrogen-bond donors (Lipinski definition) is 4. The maximum absolute atomic E-state index is 10.6. The van der Waals surface area contributed by atoms with E-state index in [1.165, 1.54) is 0 Å². The van der Waals surface area contributed by atoms with Crippen LogP contribution in [-0.2, 0) is 37.3 Å². The van der Waals surface area contributed by atoms with Crippen LogP contribution in [0.25, 0.3) is 0 Å². The summed E-state index contributed by atoms with van der Waals surface area (Å²) >= 11 is 0. The largest absolute Gasteiger partial charge is 0.506 e. The Kier molecular flexibility index (Phi) is 4.56. The van der Waals surface area contributed by atoms with Gasteiger partial charge >= 0.3 is 0 Å².